The maximum absolute atomic E-state index is 11.0. The number of carboxylic acid groups (broad SMARTS) is 1. The first-order chi connectivity index (χ1) is 12.0. The summed E-state index contributed by atoms with van der Waals surface area (Å²) < 4.78 is 0. The predicted octanol–water partition coefficient (Wildman–Crippen LogP) is 2.48. The SMILES string of the molecule is N=C(N)c1ccc(-c2ccc(NC3CCC(C(=O)O)CC3)nn2)cc1. The van der Waals surface area contributed by atoms with Gasteiger partial charge in [0.15, 0.2) is 0 Å². The van der Waals surface area contributed by atoms with E-state index in [1.807, 2.05) is 24.3 Å². The highest BCUT2D eigenvalue weighted by molar-refractivity contribution is 5.95. The number of nitrogens with one attached hydrogen (secondary N) is 2. The summed E-state index contributed by atoms with van der Waals surface area (Å²) >= 11 is 0. The van der Waals surface area contributed by atoms with Gasteiger partial charge >= 0.3 is 5.97 Å². The number of nitrogens with zero attached hydrogens (tertiary/aromatic N) is 2. The highest BCUT2D eigenvalue weighted by Crippen LogP contribution is 2.26. The van der Waals surface area contributed by atoms with Crippen molar-refractivity contribution in [3.63, 3.8) is 0 Å². The zero-order valence-electron chi connectivity index (χ0n) is 13.8. The van der Waals surface area contributed by atoms with E-state index in [1.165, 1.54) is 0 Å². The Bertz CT molecular complexity index is 750. The molecule has 2 aromatic rings. The van der Waals surface area contributed by atoms with Gasteiger partial charge in [-0.25, -0.2) is 0 Å². The lowest BCUT2D eigenvalue weighted by molar-refractivity contribution is -0.142. The molecule has 1 aliphatic rings. The van der Waals surface area contributed by atoms with Gasteiger partial charge in [-0.05, 0) is 37.8 Å². The minimum absolute atomic E-state index is 0.0369. The second kappa shape index (κ2) is 7.29. The monoisotopic (exact) mass is 339 g/mol. The Morgan fingerprint density at radius 3 is 2.28 bits per heavy atom. The summed E-state index contributed by atoms with van der Waals surface area (Å²) in [4.78, 5) is 11.0. The molecule has 1 fully saturated rings. The predicted molar refractivity (Wildman–Crippen MR) is 95.5 cm³/mol. The lowest BCUT2D eigenvalue weighted by Gasteiger charge is -2.27. The normalized spacial score (nSPS) is 20.0. The summed E-state index contributed by atoms with van der Waals surface area (Å²) in [5.74, 6) is -0.180. The quantitative estimate of drug-likeness (QED) is 0.490. The van der Waals surface area contributed by atoms with Gasteiger partial charge in [0.25, 0.3) is 0 Å². The molecular weight excluding hydrogens is 318 g/mol. The number of aliphatic carboxylic acids is 1. The molecule has 130 valence electrons. The topological polar surface area (TPSA) is 125 Å². The van der Waals surface area contributed by atoms with Crippen molar-refractivity contribution < 1.29 is 9.90 Å². The van der Waals surface area contributed by atoms with Gasteiger partial charge in [0.2, 0.25) is 0 Å². The number of carboxylic acids is 1. The molecular formula is C18H21N5O2. The van der Waals surface area contributed by atoms with Crippen LogP contribution in [0.5, 0.6) is 0 Å². The number of hydrogen-bond donors (Lipinski definition) is 4. The molecule has 0 amide bonds. The van der Waals surface area contributed by atoms with Crippen LogP contribution in [0.15, 0.2) is 36.4 Å². The number of carbonyl (C=O) groups is 1. The Kier molecular flexibility index (Phi) is 4.92. The van der Waals surface area contributed by atoms with E-state index in [0.717, 1.165) is 24.1 Å². The summed E-state index contributed by atoms with van der Waals surface area (Å²) in [6.07, 6.45) is 3.04. The van der Waals surface area contributed by atoms with Crippen molar-refractivity contribution in [3.8, 4) is 11.3 Å². The zero-order valence-corrected chi connectivity index (χ0v) is 13.8. The van der Waals surface area contributed by atoms with Crippen LogP contribution in [0.3, 0.4) is 0 Å². The average molecular weight is 339 g/mol. The Morgan fingerprint density at radius 2 is 1.76 bits per heavy atom. The van der Waals surface area contributed by atoms with E-state index in [9.17, 15) is 4.79 Å². The third-order valence-electron chi connectivity index (χ3n) is 4.58. The molecule has 25 heavy (non-hydrogen) atoms. The van der Waals surface area contributed by atoms with E-state index in [0.29, 0.717) is 24.2 Å². The first kappa shape index (κ1) is 16.9. The molecule has 1 aromatic carbocycles. The van der Waals surface area contributed by atoms with Gasteiger partial charge < -0.3 is 16.2 Å². The first-order valence-electron chi connectivity index (χ1n) is 8.31. The molecule has 1 heterocycles. The summed E-state index contributed by atoms with van der Waals surface area (Å²) in [5, 5.41) is 28.2. The molecule has 0 radical (unpaired) electrons. The van der Waals surface area contributed by atoms with Crippen LogP contribution in [0.1, 0.15) is 31.2 Å². The molecule has 1 saturated carbocycles. The van der Waals surface area contributed by atoms with E-state index in [2.05, 4.69) is 15.5 Å². The summed E-state index contributed by atoms with van der Waals surface area (Å²) in [7, 11) is 0. The molecule has 0 atom stereocenters. The van der Waals surface area contributed by atoms with Gasteiger partial charge in [-0.2, -0.15) is 0 Å². The minimum atomic E-state index is -0.696. The molecule has 1 aromatic heterocycles. The molecule has 0 bridgehead atoms. The Morgan fingerprint density at radius 1 is 1.08 bits per heavy atom. The van der Waals surface area contributed by atoms with Gasteiger partial charge in [-0.3, -0.25) is 10.2 Å². The average Bonchev–Trinajstić information content (AvgIpc) is 2.63. The Hall–Kier alpha value is -2.96. The smallest absolute Gasteiger partial charge is 0.306 e. The number of aromatic nitrogens is 2. The summed E-state index contributed by atoms with van der Waals surface area (Å²) in [5.41, 5.74) is 7.78. The molecule has 0 spiro atoms. The van der Waals surface area contributed by atoms with E-state index in [4.69, 9.17) is 16.2 Å². The number of hydrogen-bond acceptors (Lipinski definition) is 5. The van der Waals surface area contributed by atoms with E-state index in [1.54, 1.807) is 12.1 Å². The van der Waals surface area contributed by atoms with Crippen molar-refractivity contribution in [1.29, 1.82) is 5.41 Å². The Labute approximate surface area is 145 Å². The summed E-state index contributed by atoms with van der Waals surface area (Å²) in [6.45, 7) is 0. The maximum Gasteiger partial charge on any atom is 0.306 e. The van der Waals surface area contributed by atoms with Crippen LogP contribution in [-0.2, 0) is 4.79 Å². The van der Waals surface area contributed by atoms with Crippen molar-refractivity contribution in [1.82, 2.24) is 10.2 Å². The molecule has 0 unspecified atom stereocenters. The van der Waals surface area contributed by atoms with Crippen molar-refractivity contribution in [3.05, 3.63) is 42.0 Å². The van der Waals surface area contributed by atoms with Crippen LogP contribution in [0, 0.1) is 11.3 Å². The van der Waals surface area contributed by atoms with Crippen LogP contribution >= 0.6 is 0 Å². The van der Waals surface area contributed by atoms with Crippen LogP contribution in [-0.4, -0.2) is 33.2 Å². The van der Waals surface area contributed by atoms with Gasteiger partial charge in [0.1, 0.15) is 11.7 Å². The van der Waals surface area contributed by atoms with Crippen molar-refractivity contribution >= 4 is 17.6 Å². The molecule has 5 N–H and O–H groups in total. The molecule has 1 aliphatic carbocycles. The van der Waals surface area contributed by atoms with E-state index in [-0.39, 0.29) is 17.8 Å². The lowest BCUT2D eigenvalue weighted by atomic mass is 9.86. The van der Waals surface area contributed by atoms with Gasteiger partial charge in [-0.15, -0.1) is 10.2 Å². The maximum atomic E-state index is 11.0. The van der Waals surface area contributed by atoms with Crippen molar-refractivity contribution in [2.75, 3.05) is 5.32 Å². The van der Waals surface area contributed by atoms with Crippen LogP contribution in [0.2, 0.25) is 0 Å². The summed E-state index contributed by atoms with van der Waals surface area (Å²) in [6, 6.07) is 11.3. The third kappa shape index (κ3) is 4.12. The molecule has 0 saturated heterocycles. The van der Waals surface area contributed by atoms with Crippen molar-refractivity contribution in [2.24, 2.45) is 11.7 Å². The molecule has 3 rings (SSSR count). The zero-order chi connectivity index (χ0) is 17.8. The number of nitrogen functional groups attached to an aromatic ring is 1. The highest BCUT2D eigenvalue weighted by atomic mass is 16.4. The Balaban J connectivity index is 1.61. The van der Waals surface area contributed by atoms with E-state index >= 15 is 0 Å². The fourth-order valence-corrected chi connectivity index (χ4v) is 3.08. The third-order valence-corrected chi connectivity index (χ3v) is 4.58. The fourth-order valence-electron chi connectivity index (χ4n) is 3.08. The number of anilines is 1. The molecule has 7 nitrogen and oxygen atoms in total. The largest absolute Gasteiger partial charge is 0.481 e. The van der Waals surface area contributed by atoms with Gasteiger partial charge in [-0.1, -0.05) is 24.3 Å². The van der Waals surface area contributed by atoms with Gasteiger partial charge in [0, 0.05) is 17.2 Å². The molecule has 7 heteroatoms. The van der Waals surface area contributed by atoms with Gasteiger partial charge in [0.05, 0.1) is 11.6 Å². The number of nitrogens with two attached hydrogens (primary N) is 1. The molecule has 0 aliphatic heterocycles. The lowest BCUT2D eigenvalue weighted by Crippen LogP contribution is -2.29. The number of amidine groups is 1. The second-order valence-corrected chi connectivity index (χ2v) is 6.33. The van der Waals surface area contributed by atoms with E-state index < -0.39 is 5.97 Å². The number of rotatable bonds is 5. The standard InChI is InChI=1S/C18H21N5O2/c19-17(20)12-3-1-11(2-4-12)15-9-10-16(23-22-15)21-14-7-5-13(6-8-14)18(24)25/h1-4,9-10,13-14H,5-8H2,(H3,19,20)(H,21,23)(H,24,25). The first-order valence-corrected chi connectivity index (χ1v) is 8.31. The van der Waals surface area contributed by atoms with Crippen molar-refractivity contribution in [2.45, 2.75) is 31.7 Å². The van der Waals surface area contributed by atoms with Crippen LogP contribution in [0.25, 0.3) is 11.3 Å². The van der Waals surface area contributed by atoms with Crippen LogP contribution in [0.4, 0.5) is 5.82 Å². The highest BCUT2D eigenvalue weighted by Gasteiger charge is 2.25. The minimum Gasteiger partial charge on any atom is -0.481 e. The van der Waals surface area contributed by atoms with Crippen LogP contribution < -0.4 is 11.1 Å². The second-order valence-electron chi connectivity index (χ2n) is 6.33. The fraction of sp³-hybridized carbons (Fsp3) is 0.333. The number of benzene rings is 1.